The zero-order valence-electron chi connectivity index (χ0n) is 15.8. The fraction of sp³-hybridized carbons (Fsp3) is 0.350. The van der Waals surface area contributed by atoms with E-state index in [2.05, 4.69) is 60.7 Å². The highest BCUT2D eigenvalue weighted by atomic mass is 127. The van der Waals surface area contributed by atoms with Crippen LogP contribution in [0.25, 0.3) is 0 Å². The number of hydrogen-bond acceptors (Lipinski definition) is 3. The van der Waals surface area contributed by atoms with Crippen LogP contribution in [0.4, 0.5) is 5.69 Å². The van der Waals surface area contributed by atoms with Crippen molar-refractivity contribution in [3.05, 3.63) is 60.2 Å². The number of halogens is 1. The van der Waals surface area contributed by atoms with Crippen LogP contribution in [-0.2, 0) is 0 Å². The minimum absolute atomic E-state index is 0. The molecule has 0 aliphatic carbocycles. The van der Waals surface area contributed by atoms with Crippen LogP contribution in [0.15, 0.2) is 59.6 Å². The van der Waals surface area contributed by atoms with Gasteiger partial charge in [0.25, 0.3) is 0 Å². The first-order valence-electron chi connectivity index (χ1n) is 8.43. The maximum Gasteiger partial charge on any atom is 0.193 e. The van der Waals surface area contributed by atoms with Crippen LogP contribution < -0.4 is 21.1 Å². The van der Waals surface area contributed by atoms with Crippen LogP contribution >= 0.6 is 24.0 Å². The van der Waals surface area contributed by atoms with Crippen molar-refractivity contribution in [1.82, 2.24) is 5.32 Å². The lowest BCUT2D eigenvalue weighted by atomic mass is 10.0. The molecule has 26 heavy (non-hydrogen) atoms. The molecular formula is C20H29IN4O. The first-order valence-corrected chi connectivity index (χ1v) is 8.43. The lowest BCUT2D eigenvalue weighted by Gasteiger charge is -2.29. The van der Waals surface area contributed by atoms with E-state index in [9.17, 15) is 0 Å². The summed E-state index contributed by atoms with van der Waals surface area (Å²) < 4.78 is 5.14. The van der Waals surface area contributed by atoms with Gasteiger partial charge in [-0.25, -0.2) is 0 Å². The molecule has 0 spiro atoms. The van der Waals surface area contributed by atoms with Gasteiger partial charge in [0.05, 0.1) is 13.7 Å². The predicted octanol–water partition coefficient (Wildman–Crippen LogP) is 4.17. The molecular weight excluding hydrogens is 439 g/mol. The van der Waals surface area contributed by atoms with Crippen molar-refractivity contribution in [2.75, 3.05) is 19.0 Å². The third-order valence-electron chi connectivity index (χ3n) is 3.91. The van der Waals surface area contributed by atoms with Gasteiger partial charge in [-0.2, -0.15) is 0 Å². The lowest BCUT2D eigenvalue weighted by Crippen LogP contribution is -2.44. The Morgan fingerprint density at radius 3 is 2.31 bits per heavy atom. The van der Waals surface area contributed by atoms with E-state index in [1.807, 2.05) is 30.3 Å². The molecule has 5 nitrogen and oxygen atoms in total. The Hall–Kier alpha value is -1.80. The summed E-state index contributed by atoms with van der Waals surface area (Å²) in [7, 11) is 1.64. The van der Waals surface area contributed by atoms with Crippen LogP contribution in [0, 0.1) is 0 Å². The third-order valence-corrected chi connectivity index (χ3v) is 3.91. The summed E-state index contributed by atoms with van der Waals surface area (Å²) in [5, 5.41) is 6.70. The van der Waals surface area contributed by atoms with Crippen molar-refractivity contribution < 1.29 is 4.74 Å². The molecule has 6 heteroatoms. The summed E-state index contributed by atoms with van der Waals surface area (Å²) in [6.07, 6.45) is 0. The van der Waals surface area contributed by atoms with Gasteiger partial charge in [-0.1, -0.05) is 30.3 Å². The molecule has 0 radical (unpaired) electrons. The maximum absolute atomic E-state index is 6.01. The van der Waals surface area contributed by atoms with Crippen LogP contribution in [0.1, 0.15) is 32.4 Å². The first-order chi connectivity index (χ1) is 11.9. The second-order valence-corrected chi connectivity index (χ2v) is 6.72. The fourth-order valence-electron chi connectivity index (χ4n) is 2.60. The van der Waals surface area contributed by atoms with Gasteiger partial charge in [-0.05, 0) is 50.6 Å². The van der Waals surface area contributed by atoms with Gasteiger partial charge in [0.1, 0.15) is 5.75 Å². The summed E-state index contributed by atoms with van der Waals surface area (Å²) >= 11 is 0. The molecule has 2 aromatic rings. The van der Waals surface area contributed by atoms with Crippen LogP contribution in [0.5, 0.6) is 5.75 Å². The third kappa shape index (κ3) is 7.21. The molecule has 1 unspecified atom stereocenters. The molecule has 0 bridgehead atoms. The standard InChI is InChI=1S/C20H28N4O.HI/c1-15(16-8-6-5-7-9-16)24-20(2,3)14-22-19(21)23-17-10-12-18(25-4)13-11-17;/h5-13,15,24H,14H2,1-4H3,(H3,21,22,23);1H. The Morgan fingerprint density at radius 1 is 1.12 bits per heavy atom. The number of hydrogen-bond donors (Lipinski definition) is 3. The second kappa shape index (κ2) is 10.4. The largest absolute Gasteiger partial charge is 0.497 e. The summed E-state index contributed by atoms with van der Waals surface area (Å²) in [6, 6.07) is 18.2. The fourth-order valence-corrected chi connectivity index (χ4v) is 2.60. The highest BCUT2D eigenvalue weighted by Gasteiger charge is 2.20. The number of nitrogens with zero attached hydrogens (tertiary/aromatic N) is 1. The minimum Gasteiger partial charge on any atom is -0.497 e. The van der Waals surface area contributed by atoms with E-state index in [0.29, 0.717) is 12.5 Å². The van der Waals surface area contributed by atoms with Crippen molar-refractivity contribution in [3.63, 3.8) is 0 Å². The molecule has 0 amide bonds. The van der Waals surface area contributed by atoms with Crippen molar-refractivity contribution >= 4 is 35.6 Å². The minimum atomic E-state index is -0.179. The number of nitrogens with two attached hydrogens (primary N) is 1. The molecule has 0 aliphatic rings. The van der Waals surface area contributed by atoms with Crippen molar-refractivity contribution in [3.8, 4) is 5.75 Å². The van der Waals surface area contributed by atoms with Crippen LogP contribution in [-0.4, -0.2) is 25.2 Å². The van der Waals surface area contributed by atoms with Gasteiger partial charge >= 0.3 is 0 Å². The molecule has 0 saturated heterocycles. The van der Waals surface area contributed by atoms with Gasteiger partial charge in [0.15, 0.2) is 5.96 Å². The van der Waals surface area contributed by atoms with Crippen LogP contribution in [0.2, 0.25) is 0 Å². The lowest BCUT2D eigenvalue weighted by molar-refractivity contribution is 0.357. The number of ether oxygens (including phenoxy) is 1. The molecule has 0 aromatic heterocycles. The Labute approximate surface area is 173 Å². The molecule has 142 valence electrons. The Kier molecular flexibility index (Phi) is 8.87. The van der Waals surface area contributed by atoms with Gasteiger partial charge in [0.2, 0.25) is 0 Å². The first kappa shape index (κ1) is 22.2. The smallest absolute Gasteiger partial charge is 0.193 e. The van der Waals surface area contributed by atoms with Crippen LogP contribution in [0.3, 0.4) is 0 Å². The normalized spacial score (nSPS) is 12.8. The number of methoxy groups -OCH3 is 1. The summed E-state index contributed by atoms with van der Waals surface area (Å²) in [4.78, 5) is 4.47. The Morgan fingerprint density at radius 2 is 1.73 bits per heavy atom. The van der Waals surface area contributed by atoms with Crippen molar-refractivity contribution in [2.45, 2.75) is 32.4 Å². The monoisotopic (exact) mass is 468 g/mol. The Balaban J connectivity index is 0.00000338. The van der Waals surface area contributed by atoms with E-state index in [-0.39, 0.29) is 35.6 Å². The number of benzene rings is 2. The average molecular weight is 468 g/mol. The van der Waals surface area contributed by atoms with E-state index in [1.54, 1.807) is 7.11 Å². The number of guanidine groups is 1. The van der Waals surface area contributed by atoms with E-state index in [0.717, 1.165) is 11.4 Å². The van der Waals surface area contributed by atoms with E-state index in [4.69, 9.17) is 10.5 Å². The predicted molar refractivity (Wildman–Crippen MR) is 121 cm³/mol. The van der Waals surface area contributed by atoms with Crippen molar-refractivity contribution in [2.24, 2.45) is 10.7 Å². The molecule has 0 fully saturated rings. The van der Waals surface area contributed by atoms with E-state index < -0.39 is 0 Å². The summed E-state index contributed by atoms with van der Waals surface area (Å²) in [5.74, 6) is 1.20. The number of rotatable bonds is 7. The second-order valence-electron chi connectivity index (χ2n) is 6.72. The topological polar surface area (TPSA) is 71.7 Å². The molecule has 1 atom stereocenters. The molecule has 0 saturated carbocycles. The zero-order valence-corrected chi connectivity index (χ0v) is 18.2. The zero-order chi connectivity index (χ0) is 18.3. The average Bonchev–Trinajstić information content (AvgIpc) is 2.61. The maximum atomic E-state index is 6.01. The highest BCUT2D eigenvalue weighted by molar-refractivity contribution is 14.0. The van der Waals surface area contributed by atoms with Gasteiger partial charge in [-0.15, -0.1) is 24.0 Å². The molecule has 0 heterocycles. The quantitative estimate of drug-likeness (QED) is 0.324. The highest BCUT2D eigenvalue weighted by Crippen LogP contribution is 2.17. The number of aliphatic imine (C=N–C) groups is 1. The molecule has 0 aliphatic heterocycles. The SMILES string of the molecule is COc1ccc(NC(N)=NCC(C)(C)NC(C)c2ccccc2)cc1.I. The number of nitrogens with one attached hydrogen (secondary N) is 2. The molecule has 2 aromatic carbocycles. The van der Waals surface area contributed by atoms with Crippen molar-refractivity contribution in [1.29, 1.82) is 0 Å². The van der Waals surface area contributed by atoms with E-state index in [1.165, 1.54) is 5.56 Å². The van der Waals surface area contributed by atoms with Gasteiger partial charge < -0.3 is 21.1 Å². The van der Waals surface area contributed by atoms with E-state index >= 15 is 0 Å². The number of anilines is 1. The Bertz CT molecular complexity index is 687. The van der Waals surface area contributed by atoms with Gasteiger partial charge in [-0.3, -0.25) is 4.99 Å². The summed E-state index contributed by atoms with van der Waals surface area (Å²) in [6.45, 7) is 6.96. The molecule has 2 rings (SSSR count). The molecule has 4 N–H and O–H groups in total. The van der Waals surface area contributed by atoms with Gasteiger partial charge in [0, 0.05) is 17.3 Å². The summed E-state index contributed by atoms with van der Waals surface area (Å²) in [5.41, 5.74) is 7.96.